The van der Waals surface area contributed by atoms with E-state index in [0.29, 0.717) is 37.9 Å². The molecule has 0 heterocycles. The highest BCUT2D eigenvalue weighted by Crippen LogP contribution is 2.25. The van der Waals surface area contributed by atoms with E-state index in [1.165, 1.54) is 25.1 Å². The van der Waals surface area contributed by atoms with Gasteiger partial charge in [-0.15, -0.1) is 0 Å². The third-order valence-electron chi connectivity index (χ3n) is 3.62. The summed E-state index contributed by atoms with van der Waals surface area (Å²) in [5.41, 5.74) is 5.79. The second kappa shape index (κ2) is 11.7. The maximum absolute atomic E-state index is 12.1. The molecule has 0 fully saturated rings. The van der Waals surface area contributed by atoms with Crippen molar-refractivity contribution < 1.29 is 29.3 Å². The molecular formula is C18H27N3O6. The fourth-order valence-corrected chi connectivity index (χ4v) is 2.36. The predicted octanol–water partition coefficient (Wildman–Crippen LogP) is 0.281. The van der Waals surface area contributed by atoms with Crippen molar-refractivity contribution in [2.75, 3.05) is 13.1 Å². The lowest BCUT2D eigenvalue weighted by atomic mass is 10.1. The Labute approximate surface area is 157 Å². The van der Waals surface area contributed by atoms with Gasteiger partial charge in [-0.05, 0) is 30.5 Å². The van der Waals surface area contributed by atoms with Crippen LogP contribution in [0.5, 0.6) is 11.5 Å². The number of hydrogen-bond acceptors (Lipinski definition) is 7. The number of phenolic OH excluding ortho intramolecular Hbond substituents is 2. The number of hydrogen-bond donors (Lipinski definition) is 5. The number of ether oxygens (including phenoxy) is 1. The number of amides is 2. The second-order valence-electron chi connectivity index (χ2n) is 6.05. The SMILES string of the molecule is CC(=O)OC(CCCCNC(=O)CCN)NC(=O)Cc1ccc(O)c(O)c1. The number of unbranched alkanes of at least 4 members (excludes halogenated alkanes) is 1. The summed E-state index contributed by atoms with van der Waals surface area (Å²) in [6, 6.07) is 4.10. The van der Waals surface area contributed by atoms with Gasteiger partial charge in [-0.3, -0.25) is 14.4 Å². The zero-order valence-corrected chi connectivity index (χ0v) is 15.4. The van der Waals surface area contributed by atoms with Crippen LogP contribution in [0.15, 0.2) is 18.2 Å². The molecule has 9 heteroatoms. The fraction of sp³-hybridized carbons (Fsp3) is 0.500. The number of phenols is 2. The zero-order chi connectivity index (χ0) is 20.2. The van der Waals surface area contributed by atoms with Crippen molar-refractivity contribution >= 4 is 17.8 Å². The summed E-state index contributed by atoms with van der Waals surface area (Å²) in [4.78, 5) is 34.7. The summed E-state index contributed by atoms with van der Waals surface area (Å²) in [5.74, 6) is -1.59. The molecule has 9 nitrogen and oxygen atoms in total. The molecule has 0 aliphatic rings. The van der Waals surface area contributed by atoms with E-state index in [1.807, 2.05) is 0 Å². The molecule has 0 saturated carbocycles. The number of nitrogens with one attached hydrogen (secondary N) is 2. The third kappa shape index (κ3) is 9.45. The van der Waals surface area contributed by atoms with Crippen LogP contribution >= 0.6 is 0 Å². The topological polar surface area (TPSA) is 151 Å². The molecule has 2 amide bonds. The maximum atomic E-state index is 12.1. The van der Waals surface area contributed by atoms with E-state index in [4.69, 9.17) is 10.5 Å². The van der Waals surface area contributed by atoms with Gasteiger partial charge in [0.05, 0.1) is 6.42 Å². The van der Waals surface area contributed by atoms with E-state index < -0.39 is 12.2 Å². The molecule has 0 aliphatic carbocycles. The number of nitrogens with two attached hydrogens (primary N) is 1. The van der Waals surface area contributed by atoms with Gasteiger partial charge >= 0.3 is 5.97 Å². The smallest absolute Gasteiger partial charge is 0.304 e. The Kier molecular flexibility index (Phi) is 9.66. The molecule has 27 heavy (non-hydrogen) atoms. The Balaban J connectivity index is 2.43. The summed E-state index contributed by atoms with van der Waals surface area (Å²) in [7, 11) is 0. The van der Waals surface area contributed by atoms with Gasteiger partial charge in [-0.25, -0.2) is 0 Å². The van der Waals surface area contributed by atoms with Gasteiger partial charge in [0.1, 0.15) is 0 Å². The molecule has 0 spiro atoms. The van der Waals surface area contributed by atoms with Crippen molar-refractivity contribution in [2.24, 2.45) is 5.73 Å². The minimum atomic E-state index is -0.777. The zero-order valence-electron chi connectivity index (χ0n) is 15.4. The average Bonchev–Trinajstić information content (AvgIpc) is 2.57. The fourth-order valence-electron chi connectivity index (χ4n) is 2.36. The first-order valence-electron chi connectivity index (χ1n) is 8.76. The van der Waals surface area contributed by atoms with Crippen LogP contribution in [0.2, 0.25) is 0 Å². The van der Waals surface area contributed by atoms with Crippen molar-refractivity contribution in [3.05, 3.63) is 23.8 Å². The van der Waals surface area contributed by atoms with E-state index in [-0.39, 0.29) is 36.2 Å². The van der Waals surface area contributed by atoms with E-state index in [9.17, 15) is 24.6 Å². The van der Waals surface area contributed by atoms with Crippen LogP contribution in [-0.2, 0) is 25.5 Å². The maximum Gasteiger partial charge on any atom is 0.304 e. The van der Waals surface area contributed by atoms with Crippen LogP contribution in [0.25, 0.3) is 0 Å². The highest BCUT2D eigenvalue weighted by molar-refractivity contribution is 5.79. The summed E-state index contributed by atoms with van der Waals surface area (Å²) >= 11 is 0. The van der Waals surface area contributed by atoms with Crippen molar-refractivity contribution in [3.8, 4) is 11.5 Å². The molecule has 0 radical (unpaired) electrons. The largest absolute Gasteiger partial charge is 0.504 e. The van der Waals surface area contributed by atoms with E-state index >= 15 is 0 Å². The molecule has 0 aliphatic heterocycles. The minimum absolute atomic E-state index is 0.0409. The molecule has 0 bridgehead atoms. The summed E-state index contributed by atoms with van der Waals surface area (Å²) in [6.07, 6.45) is 1.15. The first-order chi connectivity index (χ1) is 12.8. The summed E-state index contributed by atoms with van der Waals surface area (Å²) < 4.78 is 5.10. The molecular weight excluding hydrogens is 354 g/mol. The van der Waals surface area contributed by atoms with Crippen LogP contribution in [0.4, 0.5) is 0 Å². The lowest BCUT2D eigenvalue weighted by Gasteiger charge is -2.18. The molecule has 1 aromatic rings. The predicted molar refractivity (Wildman–Crippen MR) is 97.7 cm³/mol. The molecule has 1 atom stereocenters. The Bertz CT molecular complexity index is 650. The molecule has 1 rings (SSSR count). The normalized spacial score (nSPS) is 11.5. The minimum Gasteiger partial charge on any atom is -0.504 e. The van der Waals surface area contributed by atoms with Crippen molar-refractivity contribution in [1.29, 1.82) is 0 Å². The van der Waals surface area contributed by atoms with Gasteiger partial charge < -0.3 is 31.3 Å². The van der Waals surface area contributed by atoms with Gasteiger partial charge in [0.25, 0.3) is 0 Å². The Hall–Kier alpha value is -2.81. The molecule has 150 valence electrons. The lowest BCUT2D eigenvalue weighted by molar-refractivity contribution is -0.150. The summed E-state index contributed by atoms with van der Waals surface area (Å²) in [6.45, 7) is 2.03. The number of benzene rings is 1. The molecule has 0 aromatic heterocycles. The highest BCUT2D eigenvalue weighted by Gasteiger charge is 2.16. The number of carbonyl (C=O) groups excluding carboxylic acids is 3. The van der Waals surface area contributed by atoms with Gasteiger partial charge in [-0.2, -0.15) is 0 Å². The summed E-state index contributed by atoms with van der Waals surface area (Å²) in [5, 5.41) is 24.1. The van der Waals surface area contributed by atoms with Gasteiger partial charge in [0.15, 0.2) is 17.7 Å². The first kappa shape index (κ1) is 22.2. The molecule has 1 aromatic carbocycles. The number of rotatable bonds is 11. The quantitative estimate of drug-likeness (QED) is 0.160. The average molecular weight is 381 g/mol. The standard InChI is InChI=1S/C18H27N3O6/c1-12(22)27-18(4-2-3-9-20-16(25)7-8-19)21-17(26)11-13-5-6-14(23)15(24)10-13/h5-6,10,18,23-24H,2-4,7-9,11,19H2,1H3,(H,20,25)(H,21,26). The van der Waals surface area contributed by atoms with E-state index in [2.05, 4.69) is 10.6 Å². The Morgan fingerprint density at radius 2 is 1.89 bits per heavy atom. The molecule has 1 unspecified atom stereocenters. The third-order valence-corrected chi connectivity index (χ3v) is 3.62. The van der Waals surface area contributed by atoms with Crippen LogP contribution in [0, 0.1) is 0 Å². The van der Waals surface area contributed by atoms with E-state index in [0.717, 1.165) is 0 Å². The van der Waals surface area contributed by atoms with Gasteiger partial charge in [-0.1, -0.05) is 6.07 Å². The van der Waals surface area contributed by atoms with Crippen LogP contribution < -0.4 is 16.4 Å². The highest BCUT2D eigenvalue weighted by atomic mass is 16.6. The number of carbonyl (C=O) groups is 3. The van der Waals surface area contributed by atoms with E-state index in [1.54, 1.807) is 0 Å². The van der Waals surface area contributed by atoms with Crippen LogP contribution in [0.3, 0.4) is 0 Å². The van der Waals surface area contributed by atoms with Gasteiger partial charge in [0, 0.05) is 32.9 Å². The Morgan fingerprint density at radius 1 is 1.15 bits per heavy atom. The van der Waals surface area contributed by atoms with Crippen LogP contribution in [-0.4, -0.2) is 47.3 Å². The molecule has 0 saturated heterocycles. The second-order valence-corrected chi connectivity index (χ2v) is 6.05. The van der Waals surface area contributed by atoms with Gasteiger partial charge in [0.2, 0.25) is 11.8 Å². The monoisotopic (exact) mass is 381 g/mol. The number of aromatic hydroxyl groups is 2. The lowest BCUT2D eigenvalue weighted by Crippen LogP contribution is -2.39. The number of esters is 1. The van der Waals surface area contributed by atoms with Crippen LogP contribution in [0.1, 0.15) is 38.2 Å². The van der Waals surface area contributed by atoms with Crippen molar-refractivity contribution in [2.45, 2.75) is 45.3 Å². The Morgan fingerprint density at radius 3 is 2.52 bits per heavy atom. The molecule has 6 N–H and O–H groups in total. The first-order valence-corrected chi connectivity index (χ1v) is 8.76. The van der Waals surface area contributed by atoms with Crippen molar-refractivity contribution in [3.63, 3.8) is 0 Å². The van der Waals surface area contributed by atoms with Crippen molar-refractivity contribution in [1.82, 2.24) is 10.6 Å².